The molecule has 0 saturated heterocycles. The van der Waals surface area contributed by atoms with Gasteiger partial charge in [0.25, 0.3) is 5.91 Å². The van der Waals surface area contributed by atoms with Gasteiger partial charge in [-0.25, -0.2) is 9.97 Å². The number of nitriles is 1. The predicted octanol–water partition coefficient (Wildman–Crippen LogP) is 3.96. The van der Waals surface area contributed by atoms with Gasteiger partial charge in [-0.3, -0.25) is 4.79 Å². The fraction of sp³-hybridized carbons (Fsp3) is 0.100. The first-order chi connectivity index (χ1) is 12.5. The van der Waals surface area contributed by atoms with E-state index in [0.717, 1.165) is 22.5 Å². The van der Waals surface area contributed by atoms with Gasteiger partial charge in [0.2, 0.25) is 0 Å². The molecule has 0 aliphatic heterocycles. The van der Waals surface area contributed by atoms with Crippen LogP contribution in [-0.4, -0.2) is 15.9 Å². The van der Waals surface area contributed by atoms with E-state index < -0.39 is 0 Å². The Labute approximate surface area is 151 Å². The number of rotatable bonds is 4. The molecule has 1 amide bonds. The highest BCUT2D eigenvalue weighted by molar-refractivity contribution is 6.03. The van der Waals surface area contributed by atoms with Crippen LogP contribution in [0, 0.1) is 25.2 Å². The van der Waals surface area contributed by atoms with Crippen molar-refractivity contribution in [2.24, 2.45) is 0 Å². The van der Waals surface area contributed by atoms with Crippen molar-refractivity contribution in [3.8, 4) is 6.07 Å². The molecule has 2 aromatic carbocycles. The maximum absolute atomic E-state index is 12.3. The van der Waals surface area contributed by atoms with Crippen molar-refractivity contribution in [3.63, 3.8) is 0 Å². The third-order valence-electron chi connectivity index (χ3n) is 3.78. The van der Waals surface area contributed by atoms with Crippen LogP contribution in [0.3, 0.4) is 0 Å². The van der Waals surface area contributed by atoms with Crippen molar-refractivity contribution in [2.75, 3.05) is 10.6 Å². The molecule has 3 aromatic rings. The molecule has 128 valence electrons. The first-order valence-corrected chi connectivity index (χ1v) is 8.03. The molecule has 6 heteroatoms. The maximum atomic E-state index is 12.3. The van der Waals surface area contributed by atoms with Gasteiger partial charge in [-0.2, -0.15) is 5.26 Å². The van der Waals surface area contributed by atoms with E-state index in [9.17, 15) is 4.79 Å². The number of nitrogens with zero attached hydrogens (tertiary/aromatic N) is 3. The summed E-state index contributed by atoms with van der Waals surface area (Å²) in [5.41, 5.74) is 4.37. The average molecular weight is 343 g/mol. The summed E-state index contributed by atoms with van der Waals surface area (Å²) in [6.45, 7) is 3.94. The van der Waals surface area contributed by atoms with E-state index in [2.05, 4.69) is 26.7 Å². The number of aryl methyl sites for hydroxylation is 2. The van der Waals surface area contributed by atoms with Gasteiger partial charge in [-0.15, -0.1) is 0 Å². The number of amides is 1. The monoisotopic (exact) mass is 343 g/mol. The molecule has 0 aliphatic carbocycles. The molecule has 0 fully saturated rings. The van der Waals surface area contributed by atoms with Gasteiger partial charge in [0.1, 0.15) is 11.5 Å². The van der Waals surface area contributed by atoms with Crippen LogP contribution in [0.15, 0.2) is 54.9 Å². The minimum Gasteiger partial charge on any atom is -0.339 e. The minimum absolute atomic E-state index is 0.223. The van der Waals surface area contributed by atoms with E-state index in [1.165, 1.54) is 12.4 Å². The van der Waals surface area contributed by atoms with Crippen molar-refractivity contribution in [1.82, 2.24) is 9.97 Å². The Bertz CT molecular complexity index is 990. The lowest BCUT2D eigenvalue weighted by Crippen LogP contribution is -2.15. The Kier molecular flexibility index (Phi) is 4.90. The topological polar surface area (TPSA) is 90.7 Å². The fourth-order valence-corrected chi connectivity index (χ4v) is 2.46. The van der Waals surface area contributed by atoms with Crippen molar-refractivity contribution in [2.45, 2.75) is 13.8 Å². The van der Waals surface area contributed by atoms with Gasteiger partial charge >= 0.3 is 0 Å². The molecular formula is C20H17N5O. The second-order valence-electron chi connectivity index (χ2n) is 5.88. The van der Waals surface area contributed by atoms with Crippen molar-refractivity contribution >= 4 is 23.1 Å². The highest BCUT2D eigenvalue weighted by atomic mass is 16.1. The zero-order chi connectivity index (χ0) is 18.5. The molecule has 0 aliphatic rings. The number of anilines is 3. The van der Waals surface area contributed by atoms with Crippen LogP contribution in [0.4, 0.5) is 17.2 Å². The van der Waals surface area contributed by atoms with Gasteiger partial charge in [-0.05, 0) is 43.7 Å². The first-order valence-electron chi connectivity index (χ1n) is 8.03. The lowest BCUT2D eigenvalue weighted by atomic mass is 10.1. The minimum atomic E-state index is -0.317. The Hall–Kier alpha value is -3.72. The van der Waals surface area contributed by atoms with Crippen LogP contribution in [-0.2, 0) is 0 Å². The maximum Gasteiger partial charge on any atom is 0.275 e. The van der Waals surface area contributed by atoms with E-state index in [-0.39, 0.29) is 11.6 Å². The predicted molar refractivity (Wildman–Crippen MR) is 100 cm³/mol. The van der Waals surface area contributed by atoms with Crippen LogP contribution in [0.2, 0.25) is 0 Å². The zero-order valence-corrected chi connectivity index (χ0v) is 14.4. The van der Waals surface area contributed by atoms with Crippen LogP contribution in [0.1, 0.15) is 27.2 Å². The fourth-order valence-electron chi connectivity index (χ4n) is 2.46. The number of nitrogens with one attached hydrogen (secondary N) is 2. The summed E-state index contributed by atoms with van der Waals surface area (Å²) < 4.78 is 0. The first kappa shape index (κ1) is 17.1. The molecule has 1 aromatic heterocycles. The molecule has 0 atom stereocenters. The third kappa shape index (κ3) is 4.02. The summed E-state index contributed by atoms with van der Waals surface area (Å²) in [5.74, 6) is 0.172. The SMILES string of the molecule is Cc1ccc(NC(=O)c2cnc(Nc3cccc(C#N)c3)cn2)c(C)c1. The second-order valence-corrected chi connectivity index (χ2v) is 5.88. The second kappa shape index (κ2) is 7.45. The van der Waals surface area contributed by atoms with Gasteiger partial charge in [0.05, 0.1) is 24.0 Å². The highest BCUT2D eigenvalue weighted by Gasteiger charge is 2.10. The van der Waals surface area contributed by atoms with Crippen LogP contribution in [0.25, 0.3) is 0 Å². The van der Waals surface area contributed by atoms with Gasteiger partial charge < -0.3 is 10.6 Å². The lowest BCUT2D eigenvalue weighted by molar-refractivity contribution is 0.102. The lowest BCUT2D eigenvalue weighted by Gasteiger charge is -2.09. The summed E-state index contributed by atoms with van der Waals surface area (Å²) in [4.78, 5) is 20.7. The van der Waals surface area contributed by atoms with E-state index >= 15 is 0 Å². The number of aromatic nitrogens is 2. The molecule has 0 bridgehead atoms. The summed E-state index contributed by atoms with van der Waals surface area (Å²) in [6.07, 6.45) is 2.89. The number of benzene rings is 2. The Morgan fingerprint density at radius 3 is 2.62 bits per heavy atom. The van der Waals surface area contributed by atoms with Crippen molar-refractivity contribution < 1.29 is 4.79 Å². The van der Waals surface area contributed by atoms with Gasteiger partial charge in [0.15, 0.2) is 0 Å². The molecule has 26 heavy (non-hydrogen) atoms. The van der Waals surface area contributed by atoms with E-state index in [1.807, 2.05) is 38.1 Å². The quantitative estimate of drug-likeness (QED) is 0.748. The Morgan fingerprint density at radius 1 is 1.08 bits per heavy atom. The molecule has 0 saturated carbocycles. The van der Waals surface area contributed by atoms with Gasteiger partial charge in [-0.1, -0.05) is 23.8 Å². The standard InChI is InChI=1S/C20H17N5O/c1-13-6-7-17(14(2)8-13)25-20(26)18-11-23-19(12-22-18)24-16-5-3-4-15(9-16)10-21/h3-9,11-12H,1-2H3,(H,23,24)(H,25,26). The Morgan fingerprint density at radius 2 is 1.92 bits per heavy atom. The summed E-state index contributed by atoms with van der Waals surface area (Å²) in [6, 6.07) is 14.9. The van der Waals surface area contributed by atoms with Crippen molar-refractivity contribution in [3.05, 3.63) is 77.2 Å². The van der Waals surface area contributed by atoms with Crippen LogP contribution < -0.4 is 10.6 Å². The summed E-state index contributed by atoms with van der Waals surface area (Å²) in [5, 5.41) is 14.8. The summed E-state index contributed by atoms with van der Waals surface area (Å²) >= 11 is 0. The molecular weight excluding hydrogens is 326 g/mol. The van der Waals surface area contributed by atoms with Crippen molar-refractivity contribution in [1.29, 1.82) is 5.26 Å². The number of carbonyl (C=O) groups is 1. The Balaban J connectivity index is 1.70. The number of hydrogen-bond acceptors (Lipinski definition) is 5. The zero-order valence-electron chi connectivity index (χ0n) is 14.4. The molecule has 3 rings (SSSR count). The number of hydrogen-bond donors (Lipinski definition) is 2. The summed E-state index contributed by atoms with van der Waals surface area (Å²) in [7, 11) is 0. The van der Waals surface area contributed by atoms with Crippen LogP contribution >= 0.6 is 0 Å². The molecule has 6 nitrogen and oxygen atoms in total. The molecule has 1 heterocycles. The highest BCUT2D eigenvalue weighted by Crippen LogP contribution is 2.18. The largest absolute Gasteiger partial charge is 0.339 e. The molecule has 0 unspecified atom stereocenters. The molecule has 0 radical (unpaired) electrons. The van der Waals surface area contributed by atoms with E-state index in [4.69, 9.17) is 5.26 Å². The molecule has 2 N–H and O–H groups in total. The third-order valence-corrected chi connectivity index (χ3v) is 3.78. The van der Waals surface area contributed by atoms with Crippen LogP contribution in [0.5, 0.6) is 0 Å². The average Bonchev–Trinajstić information content (AvgIpc) is 2.64. The number of carbonyl (C=O) groups excluding carboxylic acids is 1. The molecule has 0 spiro atoms. The smallest absolute Gasteiger partial charge is 0.275 e. The normalized spacial score (nSPS) is 10.0. The van der Waals surface area contributed by atoms with Gasteiger partial charge in [0, 0.05) is 11.4 Å². The van der Waals surface area contributed by atoms with E-state index in [1.54, 1.807) is 18.2 Å². The van der Waals surface area contributed by atoms with E-state index in [0.29, 0.717) is 11.4 Å².